The molecule has 1 saturated heterocycles. The molecule has 0 radical (unpaired) electrons. The van der Waals surface area contributed by atoms with Crippen LogP contribution in [0.2, 0.25) is 0 Å². The van der Waals surface area contributed by atoms with Gasteiger partial charge in [0.2, 0.25) is 11.8 Å². The van der Waals surface area contributed by atoms with Crippen molar-refractivity contribution in [3.8, 4) is 5.75 Å². The van der Waals surface area contributed by atoms with E-state index in [2.05, 4.69) is 11.4 Å². The zero-order valence-electron chi connectivity index (χ0n) is 20.0. The number of nitro benzene ring substituents is 1. The molecule has 2 aromatic carbocycles. The zero-order valence-corrected chi connectivity index (χ0v) is 20.0. The molecule has 2 aliphatic carbocycles. The summed E-state index contributed by atoms with van der Waals surface area (Å²) in [5.41, 5.74) is 1.00. The molecule has 2 fully saturated rings. The minimum Gasteiger partial charge on any atom is -0.497 e. The molecule has 37 heavy (non-hydrogen) atoms. The van der Waals surface area contributed by atoms with E-state index in [1.807, 2.05) is 6.92 Å². The number of carbonyl (C=O) groups is 4. The topological polar surface area (TPSA) is 145 Å². The lowest BCUT2D eigenvalue weighted by Gasteiger charge is -2.19. The van der Waals surface area contributed by atoms with E-state index in [-0.39, 0.29) is 58.1 Å². The molecule has 11 nitrogen and oxygen atoms in total. The number of methoxy groups -OCH3 is 1. The van der Waals surface area contributed by atoms with Gasteiger partial charge in [0.05, 0.1) is 35.1 Å². The second-order valence-corrected chi connectivity index (χ2v) is 9.30. The number of esters is 1. The molecular formula is C26H23N3O8. The van der Waals surface area contributed by atoms with Crippen LogP contribution in [0.15, 0.2) is 54.1 Å². The van der Waals surface area contributed by atoms with Crippen molar-refractivity contribution >= 4 is 40.8 Å². The normalized spacial score (nSPS) is 23.5. The number of fused-ring (bicyclic) bond motifs is 5. The van der Waals surface area contributed by atoms with E-state index in [9.17, 15) is 29.3 Å². The molecule has 0 aromatic heterocycles. The summed E-state index contributed by atoms with van der Waals surface area (Å²) in [7, 11) is 1.38. The van der Waals surface area contributed by atoms with Crippen molar-refractivity contribution < 1.29 is 33.6 Å². The van der Waals surface area contributed by atoms with E-state index in [0.29, 0.717) is 5.75 Å². The molecule has 3 amide bonds. The van der Waals surface area contributed by atoms with Gasteiger partial charge in [0.15, 0.2) is 6.61 Å². The van der Waals surface area contributed by atoms with Gasteiger partial charge in [-0.2, -0.15) is 0 Å². The number of ether oxygens (including phenoxy) is 2. The van der Waals surface area contributed by atoms with Crippen LogP contribution >= 0.6 is 0 Å². The van der Waals surface area contributed by atoms with Gasteiger partial charge in [-0.3, -0.25) is 24.5 Å². The number of hydrogen-bond donors (Lipinski definition) is 1. The lowest BCUT2D eigenvalue weighted by molar-refractivity contribution is -0.383. The van der Waals surface area contributed by atoms with Crippen molar-refractivity contribution in [3.63, 3.8) is 0 Å². The average molecular weight is 505 g/mol. The Labute approximate surface area is 211 Å². The zero-order chi connectivity index (χ0) is 26.4. The molecule has 2 bridgehead atoms. The average Bonchev–Trinajstić information content (AvgIpc) is 3.52. The summed E-state index contributed by atoms with van der Waals surface area (Å²) in [5.74, 6) is -2.50. The monoisotopic (exact) mass is 505 g/mol. The number of imide groups is 1. The molecule has 5 rings (SSSR count). The predicted octanol–water partition coefficient (Wildman–Crippen LogP) is 3.10. The molecule has 0 unspecified atom stereocenters. The third kappa shape index (κ3) is 4.11. The molecule has 4 atom stereocenters. The summed E-state index contributed by atoms with van der Waals surface area (Å²) in [5, 5.41) is 13.6. The molecule has 1 heterocycles. The molecule has 1 saturated carbocycles. The van der Waals surface area contributed by atoms with Gasteiger partial charge in [0.25, 0.3) is 11.6 Å². The fraction of sp³-hybridized carbons (Fsp3) is 0.308. The summed E-state index contributed by atoms with van der Waals surface area (Å²) in [6.07, 6.45) is 2.90. The van der Waals surface area contributed by atoms with Gasteiger partial charge in [-0.05, 0) is 49.4 Å². The number of nitro groups is 1. The summed E-state index contributed by atoms with van der Waals surface area (Å²) in [6.45, 7) is 1.28. The molecule has 3 aliphatic rings. The lowest BCUT2D eigenvalue weighted by atomic mass is 9.82. The standard InChI is InChI=1S/C26H23N3O8/c1-13-8-15-10-18(13)23-22(15)24(31)28(25(23)32)16-5-3-4-14(9-16)26(33)37-12-21(30)27-19-11-17(36-2)6-7-20(19)29(34)35/h3-9,11,15,18,22-23H,10,12H2,1-2H3,(H,27,30)/t15-,18+,22+,23-/m0/s1. The first-order valence-electron chi connectivity index (χ1n) is 11.6. The lowest BCUT2D eigenvalue weighted by Crippen LogP contribution is -2.33. The summed E-state index contributed by atoms with van der Waals surface area (Å²) >= 11 is 0. The molecule has 2 aromatic rings. The van der Waals surface area contributed by atoms with Gasteiger partial charge in [0.1, 0.15) is 11.4 Å². The molecule has 0 spiro atoms. The number of nitrogens with one attached hydrogen (secondary N) is 1. The number of anilines is 2. The van der Waals surface area contributed by atoms with Crippen LogP contribution < -0.4 is 15.0 Å². The minimum absolute atomic E-state index is 0.0487. The van der Waals surface area contributed by atoms with Crippen molar-refractivity contribution in [2.24, 2.45) is 23.7 Å². The van der Waals surface area contributed by atoms with Crippen LogP contribution in [0, 0.1) is 33.8 Å². The molecule has 1 N–H and O–H groups in total. The van der Waals surface area contributed by atoms with Gasteiger partial charge < -0.3 is 14.8 Å². The highest BCUT2D eigenvalue weighted by atomic mass is 16.6. The Kier molecular flexibility index (Phi) is 5.98. The number of benzene rings is 2. The van der Waals surface area contributed by atoms with E-state index in [1.54, 1.807) is 6.07 Å². The number of nitrogens with zero attached hydrogens (tertiary/aromatic N) is 2. The maximum atomic E-state index is 13.2. The second kappa shape index (κ2) is 9.16. The van der Waals surface area contributed by atoms with Crippen LogP contribution in [0.4, 0.5) is 17.1 Å². The predicted molar refractivity (Wildman–Crippen MR) is 130 cm³/mol. The molecule has 1 aliphatic heterocycles. The Morgan fingerprint density at radius 2 is 1.89 bits per heavy atom. The highest BCUT2D eigenvalue weighted by Gasteiger charge is 2.60. The highest BCUT2D eigenvalue weighted by molar-refractivity contribution is 6.23. The van der Waals surface area contributed by atoms with Crippen molar-refractivity contribution in [1.82, 2.24) is 0 Å². The van der Waals surface area contributed by atoms with Gasteiger partial charge in [-0.15, -0.1) is 0 Å². The van der Waals surface area contributed by atoms with Crippen molar-refractivity contribution in [1.29, 1.82) is 0 Å². The number of allylic oxidation sites excluding steroid dienone is 2. The Morgan fingerprint density at radius 3 is 2.62 bits per heavy atom. The summed E-state index contributed by atoms with van der Waals surface area (Å²) < 4.78 is 10.1. The van der Waals surface area contributed by atoms with Crippen LogP contribution in [0.25, 0.3) is 0 Å². The quantitative estimate of drug-likeness (QED) is 0.199. The summed E-state index contributed by atoms with van der Waals surface area (Å²) in [6, 6.07) is 9.77. The number of hydrogen-bond acceptors (Lipinski definition) is 8. The SMILES string of the molecule is COc1ccc([N+](=O)[O-])c(NC(=O)COC(=O)c2cccc(N3C(=O)[C@@H]4[C@H](C3=O)[C@H]3C=C(C)[C@H]4C3)c2)c1. The maximum absolute atomic E-state index is 13.2. The largest absolute Gasteiger partial charge is 0.497 e. The Balaban J connectivity index is 1.26. The Bertz CT molecular complexity index is 1380. The van der Waals surface area contributed by atoms with Gasteiger partial charge in [-0.1, -0.05) is 17.7 Å². The van der Waals surface area contributed by atoms with E-state index < -0.39 is 23.4 Å². The minimum atomic E-state index is -0.853. The first kappa shape index (κ1) is 24.2. The summed E-state index contributed by atoms with van der Waals surface area (Å²) in [4.78, 5) is 63.0. The van der Waals surface area contributed by atoms with Crippen LogP contribution in [-0.4, -0.2) is 42.3 Å². The molecule has 11 heteroatoms. The first-order valence-corrected chi connectivity index (χ1v) is 11.6. The van der Waals surface area contributed by atoms with Crippen molar-refractivity contribution in [2.75, 3.05) is 23.9 Å². The van der Waals surface area contributed by atoms with Crippen LogP contribution in [0.5, 0.6) is 5.75 Å². The Morgan fingerprint density at radius 1 is 1.14 bits per heavy atom. The van der Waals surface area contributed by atoms with E-state index in [4.69, 9.17) is 9.47 Å². The second-order valence-electron chi connectivity index (χ2n) is 9.30. The smallest absolute Gasteiger partial charge is 0.338 e. The number of carbonyl (C=O) groups excluding carboxylic acids is 4. The third-order valence-corrected chi connectivity index (χ3v) is 7.23. The van der Waals surface area contributed by atoms with Crippen LogP contribution in [0.1, 0.15) is 23.7 Å². The van der Waals surface area contributed by atoms with E-state index in [0.717, 1.165) is 16.9 Å². The molecule has 190 valence electrons. The van der Waals surface area contributed by atoms with Gasteiger partial charge in [-0.25, -0.2) is 9.69 Å². The van der Waals surface area contributed by atoms with Crippen LogP contribution in [-0.2, 0) is 19.1 Å². The number of rotatable bonds is 7. The van der Waals surface area contributed by atoms with Crippen molar-refractivity contribution in [2.45, 2.75) is 13.3 Å². The van der Waals surface area contributed by atoms with Gasteiger partial charge in [0, 0.05) is 12.1 Å². The van der Waals surface area contributed by atoms with Crippen molar-refractivity contribution in [3.05, 3.63) is 69.8 Å². The number of amides is 3. The van der Waals surface area contributed by atoms with E-state index in [1.165, 1.54) is 43.5 Å². The highest BCUT2D eigenvalue weighted by Crippen LogP contribution is 2.55. The maximum Gasteiger partial charge on any atom is 0.338 e. The fourth-order valence-corrected chi connectivity index (χ4v) is 5.60. The fourth-order valence-electron chi connectivity index (χ4n) is 5.60. The third-order valence-electron chi connectivity index (χ3n) is 7.23. The first-order chi connectivity index (χ1) is 17.7. The van der Waals surface area contributed by atoms with Crippen LogP contribution in [0.3, 0.4) is 0 Å². The molecular weight excluding hydrogens is 482 g/mol. The van der Waals surface area contributed by atoms with Gasteiger partial charge >= 0.3 is 5.97 Å². The van der Waals surface area contributed by atoms with E-state index >= 15 is 0 Å². The Hall–Kier alpha value is -4.54.